The molecule has 34 valence electrons. The second-order valence-corrected chi connectivity index (χ2v) is 1.61. The molecular formula is C4H4OSZn. The van der Waals surface area contributed by atoms with Crippen molar-refractivity contribution in [2.75, 3.05) is 0 Å². The first-order valence-electron chi connectivity index (χ1n) is 1.76. The number of rotatable bonds is 0. The van der Waals surface area contributed by atoms with Crippen LogP contribution in [0.1, 0.15) is 0 Å². The third kappa shape index (κ3) is 3.97. The summed E-state index contributed by atoms with van der Waals surface area (Å²) in [5, 5.41) is 4.08. The second kappa shape index (κ2) is 6.12. The molecule has 1 aromatic rings. The Labute approximate surface area is 56.3 Å². The van der Waals surface area contributed by atoms with Gasteiger partial charge in [-0.2, -0.15) is 11.3 Å². The van der Waals surface area contributed by atoms with Crippen LogP contribution in [0.25, 0.3) is 0 Å². The van der Waals surface area contributed by atoms with Crippen LogP contribution in [0.5, 0.6) is 0 Å². The Kier molecular flexibility index (Phi) is 6.23. The van der Waals surface area contributed by atoms with E-state index in [1.54, 1.807) is 11.3 Å². The van der Waals surface area contributed by atoms with Crippen LogP contribution in [0.3, 0.4) is 0 Å². The van der Waals surface area contributed by atoms with Crippen molar-refractivity contribution < 1.29 is 21.8 Å². The standard InChI is InChI=1S/C4H4S.O.Zn/c1-2-4-5-3-1;;/h1-4H;;. The molecule has 0 spiro atoms. The average Bonchev–Trinajstić information content (AvgIpc) is 2.23. The van der Waals surface area contributed by atoms with Crippen molar-refractivity contribution in [2.24, 2.45) is 0 Å². The predicted molar refractivity (Wildman–Crippen MR) is 25.0 cm³/mol. The fourth-order valence-corrected chi connectivity index (χ4v) is 0.680. The van der Waals surface area contributed by atoms with Gasteiger partial charge in [0.2, 0.25) is 0 Å². The minimum atomic E-state index is 0.125. The van der Waals surface area contributed by atoms with Crippen molar-refractivity contribution in [3.63, 3.8) is 0 Å². The predicted octanol–water partition coefficient (Wildman–Crippen LogP) is 1.63. The molecule has 0 bridgehead atoms. The normalized spacial score (nSPS) is 6.57. The molecule has 0 N–H and O–H groups in total. The maximum atomic E-state index is 8.38. The van der Waals surface area contributed by atoms with Crippen molar-refractivity contribution in [2.45, 2.75) is 0 Å². The molecule has 1 nitrogen and oxygen atoms in total. The summed E-state index contributed by atoms with van der Waals surface area (Å²) in [7, 11) is 0. The first-order chi connectivity index (χ1) is 3.50. The maximum absolute atomic E-state index is 8.38. The van der Waals surface area contributed by atoms with E-state index in [1.807, 2.05) is 22.9 Å². The Hall–Kier alpha value is 0.123. The van der Waals surface area contributed by atoms with E-state index < -0.39 is 0 Å². The summed E-state index contributed by atoms with van der Waals surface area (Å²) in [5.74, 6) is 0. The Balaban J connectivity index is 0.000000162. The van der Waals surface area contributed by atoms with Gasteiger partial charge in [0.15, 0.2) is 0 Å². The molecule has 0 aliphatic heterocycles. The van der Waals surface area contributed by atoms with E-state index in [1.165, 1.54) is 0 Å². The van der Waals surface area contributed by atoms with E-state index in [4.69, 9.17) is 3.57 Å². The maximum Gasteiger partial charge on any atom is -0.00934 e. The van der Waals surface area contributed by atoms with Crippen LogP contribution in [-0.2, 0) is 21.8 Å². The third-order valence-electron chi connectivity index (χ3n) is 0.425. The summed E-state index contributed by atoms with van der Waals surface area (Å²) in [4.78, 5) is 0. The summed E-state index contributed by atoms with van der Waals surface area (Å²) in [6, 6.07) is 4.04. The minimum Gasteiger partial charge on any atom is -0.152 e. The van der Waals surface area contributed by atoms with Gasteiger partial charge in [0, 0.05) is 0 Å². The van der Waals surface area contributed by atoms with E-state index in [-0.39, 0.29) is 18.3 Å². The van der Waals surface area contributed by atoms with Gasteiger partial charge in [0.1, 0.15) is 0 Å². The van der Waals surface area contributed by atoms with Crippen LogP contribution >= 0.6 is 11.3 Å². The largest absolute Gasteiger partial charge is 0.152 e. The summed E-state index contributed by atoms with van der Waals surface area (Å²) in [6.07, 6.45) is 0. The van der Waals surface area contributed by atoms with E-state index in [0.717, 1.165) is 0 Å². The van der Waals surface area contributed by atoms with Crippen molar-refractivity contribution >= 4 is 11.3 Å². The fourth-order valence-electron chi connectivity index (χ4n) is 0.227. The first kappa shape index (κ1) is 7.12. The molecule has 0 saturated carbocycles. The third-order valence-corrected chi connectivity index (χ3v) is 1.05. The molecular weight excluding hydrogens is 161 g/mol. The van der Waals surface area contributed by atoms with E-state index in [2.05, 4.69) is 0 Å². The Bertz CT molecular complexity index is 78.6. The molecule has 7 heavy (non-hydrogen) atoms. The van der Waals surface area contributed by atoms with Crippen molar-refractivity contribution in [1.29, 1.82) is 0 Å². The summed E-state index contributed by atoms with van der Waals surface area (Å²) in [5.41, 5.74) is 0. The van der Waals surface area contributed by atoms with Gasteiger partial charge in [-0.15, -0.1) is 0 Å². The summed E-state index contributed by atoms with van der Waals surface area (Å²) in [6.45, 7) is 0. The number of hydrogen-bond donors (Lipinski definition) is 0. The first-order valence-corrected chi connectivity index (χ1v) is 3.91. The molecule has 0 radical (unpaired) electrons. The Morgan fingerprint density at radius 1 is 1.14 bits per heavy atom. The topological polar surface area (TPSA) is 17.1 Å². The number of hydrogen-bond acceptors (Lipinski definition) is 2. The fraction of sp³-hybridized carbons (Fsp3) is 0. The van der Waals surface area contributed by atoms with Gasteiger partial charge in [-0.25, -0.2) is 0 Å². The van der Waals surface area contributed by atoms with Gasteiger partial charge in [0.25, 0.3) is 0 Å². The second-order valence-electron chi connectivity index (χ2n) is 0.793. The Morgan fingerprint density at radius 3 is 1.71 bits per heavy atom. The van der Waals surface area contributed by atoms with Crippen molar-refractivity contribution in [3.8, 4) is 0 Å². The average molecular weight is 166 g/mol. The summed E-state index contributed by atoms with van der Waals surface area (Å²) >= 11 is 1.84. The zero-order valence-corrected chi connectivity index (χ0v) is 7.62. The van der Waals surface area contributed by atoms with Gasteiger partial charge < -0.3 is 0 Å². The van der Waals surface area contributed by atoms with Gasteiger partial charge in [-0.1, -0.05) is 12.1 Å². The van der Waals surface area contributed by atoms with E-state index >= 15 is 0 Å². The molecule has 0 aromatic carbocycles. The molecule has 0 fully saturated rings. The molecule has 0 saturated heterocycles. The van der Waals surface area contributed by atoms with Crippen LogP contribution in [0.2, 0.25) is 0 Å². The summed E-state index contributed by atoms with van der Waals surface area (Å²) < 4.78 is 8.38. The van der Waals surface area contributed by atoms with Gasteiger partial charge in [-0.3, -0.25) is 0 Å². The van der Waals surface area contributed by atoms with Gasteiger partial charge in [0.05, 0.1) is 0 Å². The Morgan fingerprint density at radius 2 is 1.57 bits per heavy atom. The zero-order chi connectivity index (χ0) is 5.54. The van der Waals surface area contributed by atoms with Gasteiger partial charge in [-0.05, 0) is 10.8 Å². The molecule has 0 aliphatic rings. The van der Waals surface area contributed by atoms with Crippen LogP contribution in [0.15, 0.2) is 22.9 Å². The molecule has 0 amide bonds. The molecule has 0 aliphatic carbocycles. The molecule has 0 unspecified atom stereocenters. The molecule has 1 heterocycles. The monoisotopic (exact) mass is 164 g/mol. The SMILES string of the molecule is [O]=[Zn].c1ccsc1. The molecule has 0 atom stereocenters. The smallest absolute Gasteiger partial charge is 0.00934 e. The zero-order valence-electron chi connectivity index (χ0n) is 3.83. The van der Waals surface area contributed by atoms with Crippen molar-refractivity contribution in [1.82, 2.24) is 0 Å². The molecule has 1 aromatic heterocycles. The quantitative estimate of drug-likeness (QED) is 0.534. The molecule has 1 rings (SSSR count). The number of thiophene rings is 1. The van der Waals surface area contributed by atoms with Crippen molar-refractivity contribution in [3.05, 3.63) is 22.9 Å². The van der Waals surface area contributed by atoms with E-state index in [9.17, 15) is 0 Å². The van der Waals surface area contributed by atoms with Crippen LogP contribution in [0.4, 0.5) is 0 Å². The van der Waals surface area contributed by atoms with Crippen LogP contribution < -0.4 is 0 Å². The van der Waals surface area contributed by atoms with Gasteiger partial charge >= 0.3 is 21.8 Å². The van der Waals surface area contributed by atoms with Crippen LogP contribution in [0, 0.1) is 0 Å². The minimum absolute atomic E-state index is 0.125. The molecule has 3 heteroatoms. The van der Waals surface area contributed by atoms with Crippen LogP contribution in [-0.4, -0.2) is 0 Å². The van der Waals surface area contributed by atoms with E-state index in [0.29, 0.717) is 0 Å².